The molecule has 1 aromatic carbocycles. The Morgan fingerprint density at radius 2 is 2.15 bits per heavy atom. The number of methoxy groups -OCH3 is 1. The third-order valence-electron chi connectivity index (χ3n) is 3.62. The highest BCUT2D eigenvalue weighted by Crippen LogP contribution is 2.22. The molecular weight excluding hydrogens is 276 g/mol. The minimum Gasteiger partial charge on any atom is -0.496 e. The zero-order valence-electron chi connectivity index (χ0n) is 12.1. The maximum absolute atomic E-state index is 12.4. The summed E-state index contributed by atoms with van der Waals surface area (Å²) < 4.78 is 32.7. The standard InChI is InChI=1S/C14H22N2O3S/c1-10-8-13(4-5-14(10)19-3)20(17,18)16-12-6-7-15-11(2)9-12/h4-5,8,11-12,15-16H,6-7,9H2,1-3H3. The van der Waals surface area contributed by atoms with Crippen molar-refractivity contribution in [3.63, 3.8) is 0 Å². The smallest absolute Gasteiger partial charge is 0.240 e. The van der Waals surface area contributed by atoms with E-state index in [1.807, 2.05) is 6.92 Å². The fourth-order valence-corrected chi connectivity index (χ4v) is 3.91. The summed E-state index contributed by atoms with van der Waals surface area (Å²) in [4.78, 5) is 0.294. The molecule has 0 saturated carbocycles. The number of aryl methyl sites for hydroxylation is 1. The van der Waals surface area contributed by atoms with E-state index in [1.165, 1.54) is 0 Å². The molecule has 1 aliphatic rings. The van der Waals surface area contributed by atoms with Crippen LogP contribution in [0.15, 0.2) is 23.1 Å². The van der Waals surface area contributed by atoms with Gasteiger partial charge in [-0.1, -0.05) is 0 Å². The van der Waals surface area contributed by atoms with Crippen LogP contribution in [-0.4, -0.2) is 34.2 Å². The molecule has 1 aliphatic heterocycles. The van der Waals surface area contributed by atoms with Gasteiger partial charge in [0, 0.05) is 12.1 Å². The molecule has 5 nitrogen and oxygen atoms in total. The molecule has 0 spiro atoms. The molecular formula is C14H22N2O3S. The Morgan fingerprint density at radius 3 is 2.75 bits per heavy atom. The molecule has 0 aliphatic carbocycles. The lowest BCUT2D eigenvalue weighted by molar-refractivity contribution is 0.361. The Kier molecular flexibility index (Phi) is 4.67. The van der Waals surface area contributed by atoms with Gasteiger partial charge in [0.25, 0.3) is 0 Å². The lowest BCUT2D eigenvalue weighted by Crippen LogP contribution is -2.46. The molecule has 2 rings (SSSR count). The van der Waals surface area contributed by atoms with E-state index in [-0.39, 0.29) is 6.04 Å². The Hall–Kier alpha value is -1.11. The highest BCUT2D eigenvalue weighted by atomic mass is 32.2. The third kappa shape index (κ3) is 3.50. The molecule has 1 fully saturated rings. The van der Waals surface area contributed by atoms with Crippen LogP contribution in [0.5, 0.6) is 5.75 Å². The summed E-state index contributed by atoms with van der Waals surface area (Å²) in [5.41, 5.74) is 0.814. The van der Waals surface area contributed by atoms with Crippen molar-refractivity contribution in [3.05, 3.63) is 23.8 Å². The van der Waals surface area contributed by atoms with Gasteiger partial charge in [-0.3, -0.25) is 0 Å². The van der Waals surface area contributed by atoms with Crippen molar-refractivity contribution in [1.82, 2.24) is 10.0 Å². The summed E-state index contributed by atoms with van der Waals surface area (Å²) in [6.07, 6.45) is 1.63. The van der Waals surface area contributed by atoms with E-state index in [2.05, 4.69) is 17.0 Å². The second-order valence-electron chi connectivity index (χ2n) is 5.33. The molecule has 1 heterocycles. The number of rotatable bonds is 4. The molecule has 2 unspecified atom stereocenters. The lowest BCUT2D eigenvalue weighted by Gasteiger charge is -2.28. The van der Waals surface area contributed by atoms with Gasteiger partial charge in [0.15, 0.2) is 0 Å². The van der Waals surface area contributed by atoms with Crippen molar-refractivity contribution in [3.8, 4) is 5.75 Å². The predicted octanol–water partition coefficient (Wildman–Crippen LogP) is 1.42. The largest absolute Gasteiger partial charge is 0.496 e. The van der Waals surface area contributed by atoms with Gasteiger partial charge in [-0.25, -0.2) is 13.1 Å². The molecule has 1 aromatic rings. The number of hydrogen-bond donors (Lipinski definition) is 2. The lowest BCUT2D eigenvalue weighted by atomic mass is 10.0. The van der Waals surface area contributed by atoms with Gasteiger partial charge in [-0.05, 0) is 57.0 Å². The monoisotopic (exact) mass is 298 g/mol. The Bertz CT molecular complexity index is 572. The Balaban J connectivity index is 2.15. The van der Waals surface area contributed by atoms with E-state index in [4.69, 9.17) is 4.74 Å². The number of benzene rings is 1. The first-order chi connectivity index (χ1) is 9.42. The number of sulfonamides is 1. The molecule has 0 amide bonds. The maximum atomic E-state index is 12.4. The van der Waals surface area contributed by atoms with Crippen LogP contribution in [0.1, 0.15) is 25.3 Å². The van der Waals surface area contributed by atoms with Crippen LogP contribution in [0.25, 0.3) is 0 Å². The third-order valence-corrected chi connectivity index (χ3v) is 5.14. The van der Waals surface area contributed by atoms with Crippen LogP contribution < -0.4 is 14.8 Å². The summed E-state index contributed by atoms with van der Waals surface area (Å²) in [6, 6.07) is 5.26. The van der Waals surface area contributed by atoms with Crippen LogP contribution in [-0.2, 0) is 10.0 Å². The minimum absolute atomic E-state index is 0.00124. The molecule has 0 bridgehead atoms. The minimum atomic E-state index is -3.46. The van der Waals surface area contributed by atoms with Gasteiger partial charge in [0.2, 0.25) is 10.0 Å². The van der Waals surface area contributed by atoms with Crippen molar-refractivity contribution < 1.29 is 13.2 Å². The van der Waals surface area contributed by atoms with E-state index in [1.54, 1.807) is 25.3 Å². The van der Waals surface area contributed by atoms with E-state index in [9.17, 15) is 8.42 Å². The van der Waals surface area contributed by atoms with E-state index in [0.29, 0.717) is 16.7 Å². The molecule has 0 aromatic heterocycles. The Morgan fingerprint density at radius 1 is 1.40 bits per heavy atom. The Labute approximate surface area is 120 Å². The first kappa shape index (κ1) is 15.3. The number of piperidine rings is 1. The van der Waals surface area contributed by atoms with Crippen molar-refractivity contribution in [2.45, 2.75) is 43.7 Å². The molecule has 112 valence electrons. The fraction of sp³-hybridized carbons (Fsp3) is 0.571. The van der Waals surface area contributed by atoms with Gasteiger partial charge < -0.3 is 10.1 Å². The normalized spacial score (nSPS) is 23.6. The second kappa shape index (κ2) is 6.11. The van der Waals surface area contributed by atoms with Crippen LogP contribution >= 0.6 is 0 Å². The summed E-state index contributed by atoms with van der Waals surface area (Å²) in [7, 11) is -1.89. The van der Waals surface area contributed by atoms with Gasteiger partial charge in [0.05, 0.1) is 12.0 Å². The van der Waals surface area contributed by atoms with Crippen molar-refractivity contribution >= 4 is 10.0 Å². The predicted molar refractivity (Wildman–Crippen MR) is 78.5 cm³/mol. The highest BCUT2D eigenvalue weighted by molar-refractivity contribution is 7.89. The van der Waals surface area contributed by atoms with Crippen LogP contribution in [0, 0.1) is 6.92 Å². The van der Waals surface area contributed by atoms with Crippen molar-refractivity contribution in [2.24, 2.45) is 0 Å². The van der Waals surface area contributed by atoms with Crippen molar-refractivity contribution in [2.75, 3.05) is 13.7 Å². The zero-order chi connectivity index (χ0) is 14.8. The first-order valence-electron chi connectivity index (χ1n) is 6.82. The molecule has 0 radical (unpaired) electrons. The number of hydrogen-bond acceptors (Lipinski definition) is 4. The highest BCUT2D eigenvalue weighted by Gasteiger charge is 2.24. The zero-order valence-corrected chi connectivity index (χ0v) is 13.0. The molecule has 6 heteroatoms. The van der Waals surface area contributed by atoms with Crippen molar-refractivity contribution in [1.29, 1.82) is 0 Å². The second-order valence-corrected chi connectivity index (χ2v) is 7.04. The fourth-order valence-electron chi connectivity index (χ4n) is 2.54. The number of nitrogens with one attached hydrogen (secondary N) is 2. The van der Waals surface area contributed by atoms with Crippen LogP contribution in [0.4, 0.5) is 0 Å². The quantitative estimate of drug-likeness (QED) is 0.882. The topological polar surface area (TPSA) is 67.4 Å². The van der Waals surface area contributed by atoms with Gasteiger partial charge >= 0.3 is 0 Å². The average Bonchev–Trinajstić information content (AvgIpc) is 2.38. The van der Waals surface area contributed by atoms with Gasteiger partial charge in [-0.2, -0.15) is 0 Å². The van der Waals surface area contributed by atoms with Gasteiger partial charge in [-0.15, -0.1) is 0 Å². The van der Waals surface area contributed by atoms with Crippen LogP contribution in [0.2, 0.25) is 0 Å². The summed E-state index contributed by atoms with van der Waals surface area (Å²) in [5.74, 6) is 0.694. The van der Waals surface area contributed by atoms with E-state index >= 15 is 0 Å². The summed E-state index contributed by atoms with van der Waals surface area (Å²) >= 11 is 0. The molecule has 2 N–H and O–H groups in total. The maximum Gasteiger partial charge on any atom is 0.240 e. The molecule has 2 atom stereocenters. The SMILES string of the molecule is COc1ccc(S(=O)(=O)NC2CCNC(C)C2)cc1C. The molecule has 20 heavy (non-hydrogen) atoms. The summed E-state index contributed by atoms with van der Waals surface area (Å²) in [6.45, 7) is 4.75. The average molecular weight is 298 g/mol. The summed E-state index contributed by atoms with van der Waals surface area (Å²) in [5, 5.41) is 3.31. The molecule has 1 saturated heterocycles. The first-order valence-corrected chi connectivity index (χ1v) is 8.31. The van der Waals surface area contributed by atoms with E-state index < -0.39 is 10.0 Å². The number of ether oxygens (including phenoxy) is 1. The van der Waals surface area contributed by atoms with E-state index in [0.717, 1.165) is 24.9 Å². The van der Waals surface area contributed by atoms with Crippen LogP contribution in [0.3, 0.4) is 0 Å². The van der Waals surface area contributed by atoms with Gasteiger partial charge in [0.1, 0.15) is 5.75 Å².